The number of aromatic nitrogens is 2. The molecule has 0 radical (unpaired) electrons. The van der Waals surface area contributed by atoms with Crippen LogP contribution < -0.4 is 0 Å². The van der Waals surface area contributed by atoms with Gasteiger partial charge in [0.2, 0.25) is 5.89 Å². The normalized spacial score (nSPS) is 12.0. The van der Waals surface area contributed by atoms with Gasteiger partial charge in [-0.3, -0.25) is 4.98 Å². The molecule has 2 aromatic heterocycles. The van der Waals surface area contributed by atoms with Crippen molar-refractivity contribution < 1.29 is 43.8 Å². The van der Waals surface area contributed by atoms with Gasteiger partial charge in [0.25, 0.3) is 0 Å². The molecule has 8 heteroatoms. The first-order chi connectivity index (χ1) is 19.0. The van der Waals surface area contributed by atoms with Crippen LogP contribution in [0.3, 0.4) is 0 Å². The number of hydrogen-bond acceptors (Lipinski definition) is 4. The number of oxazole rings is 1. The van der Waals surface area contributed by atoms with Crippen molar-refractivity contribution in [2.24, 2.45) is 0 Å². The maximum absolute atomic E-state index is 14.3. The smallest absolute Gasteiger partial charge is 0.402 e. The summed E-state index contributed by atoms with van der Waals surface area (Å²) in [6.45, 7) is 6.18. The van der Waals surface area contributed by atoms with Gasteiger partial charge in [0, 0.05) is 32.8 Å². The van der Waals surface area contributed by atoms with Crippen LogP contribution in [0.2, 0.25) is 0 Å². The molecule has 0 fully saturated rings. The number of aromatic hydroxyl groups is 1. The summed E-state index contributed by atoms with van der Waals surface area (Å²) in [6.07, 6.45) is -2.96. The summed E-state index contributed by atoms with van der Waals surface area (Å²) < 4.78 is 48.7. The van der Waals surface area contributed by atoms with E-state index in [9.17, 15) is 18.3 Å². The van der Waals surface area contributed by atoms with Crippen LogP contribution >= 0.6 is 0 Å². The zero-order valence-corrected chi connectivity index (χ0v) is 24.6. The van der Waals surface area contributed by atoms with Crippen molar-refractivity contribution in [2.75, 3.05) is 0 Å². The third-order valence-corrected chi connectivity index (χ3v) is 6.90. The Balaban J connectivity index is 0.00000337. The van der Waals surface area contributed by atoms with Gasteiger partial charge in [-0.25, -0.2) is 4.98 Å². The first-order valence-corrected chi connectivity index (χ1v) is 12.7. The van der Waals surface area contributed by atoms with Gasteiger partial charge in [-0.05, 0) is 46.2 Å². The Morgan fingerprint density at radius 1 is 0.756 bits per heavy atom. The van der Waals surface area contributed by atoms with Crippen molar-refractivity contribution in [3.63, 3.8) is 0 Å². The number of pyridine rings is 1. The fourth-order valence-corrected chi connectivity index (χ4v) is 4.79. The minimum absolute atomic E-state index is 0. The fourth-order valence-electron chi connectivity index (χ4n) is 4.79. The van der Waals surface area contributed by atoms with Crippen molar-refractivity contribution in [3.05, 3.63) is 102 Å². The number of nitrogens with zero attached hydrogens (tertiary/aromatic N) is 2. The second-order valence-electron chi connectivity index (χ2n) is 10.7. The molecule has 4 aromatic carbocycles. The zero-order chi connectivity index (χ0) is 28.2. The van der Waals surface area contributed by atoms with Gasteiger partial charge in [-0.1, -0.05) is 74.4 Å². The van der Waals surface area contributed by atoms with Gasteiger partial charge < -0.3 is 9.52 Å². The number of para-hydroxylation sites is 2. The first kappa shape index (κ1) is 28.6. The largest absolute Gasteiger partial charge is 0.507 e. The summed E-state index contributed by atoms with van der Waals surface area (Å²) in [5, 5.41) is 11.1. The van der Waals surface area contributed by atoms with E-state index in [0.717, 1.165) is 23.1 Å². The van der Waals surface area contributed by atoms with Crippen LogP contribution in [-0.4, -0.2) is 15.1 Å². The van der Waals surface area contributed by atoms with E-state index in [4.69, 9.17) is 4.42 Å². The van der Waals surface area contributed by atoms with E-state index < -0.39 is 11.7 Å². The molecule has 6 rings (SSSR count). The molecular weight excluding hydrogens is 708 g/mol. The number of phenolic OH excluding ortho intramolecular Hbond substituents is 1. The molecule has 0 spiro atoms. The van der Waals surface area contributed by atoms with E-state index in [1.165, 1.54) is 6.07 Å². The van der Waals surface area contributed by atoms with Crippen molar-refractivity contribution in [1.29, 1.82) is 0 Å². The quantitative estimate of drug-likeness (QED) is 0.185. The third-order valence-electron chi connectivity index (χ3n) is 6.90. The molecule has 4 nitrogen and oxygen atoms in total. The molecule has 0 aliphatic carbocycles. The average molecular weight is 733 g/mol. The van der Waals surface area contributed by atoms with E-state index in [1.54, 1.807) is 42.6 Å². The predicted molar refractivity (Wildman–Crippen MR) is 150 cm³/mol. The summed E-state index contributed by atoms with van der Waals surface area (Å²) in [4.78, 5) is 9.09. The van der Waals surface area contributed by atoms with Gasteiger partial charge in [0.1, 0.15) is 11.3 Å². The van der Waals surface area contributed by atoms with Crippen molar-refractivity contribution >= 4 is 22.0 Å². The van der Waals surface area contributed by atoms with Crippen LogP contribution in [0.15, 0.2) is 89.5 Å². The van der Waals surface area contributed by atoms with Gasteiger partial charge in [0.15, 0.2) is 0 Å². The van der Waals surface area contributed by atoms with Gasteiger partial charge in [-0.15, -0.1) is 29.3 Å². The number of hydrogen-bond donors (Lipinski definition) is 1. The van der Waals surface area contributed by atoms with Crippen LogP contribution in [0.1, 0.15) is 31.9 Å². The summed E-state index contributed by atoms with van der Waals surface area (Å²) in [6, 6.07) is 24.8. The maximum Gasteiger partial charge on any atom is 0.402 e. The second kappa shape index (κ2) is 10.5. The molecule has 6 aromatic rings. The van der Waals surface area contributed by atoms with Crippen LogP contribution in [0, 0.1) is 6.07 Å². The Bertz CT molecular complexity index is 1910. The maximum atomic E-state index is 14.3. The first-order valence-electron chi connectivity index (χ1n) is 12.7. The molecule has 2 heterocycles. The van der Waals surface area contributed by atoms with Crippen LogP contribution in [0.25, 0.3) is 55.7 Å². The molecule has 0 bridgehead atoms. The van der Waals surface area contributed by atoms with E-state index in [1.807, 2.05) is 24.3 Å². The molecule has 0 atom stereocenters. The number of benzene rings is 4. The molecule has 0 amide bonds. The Kier molecular flexibility index (Phi) is 7.29. The van der Waals surface area contributed by atoms with Crippen molar-refractivity contribution in [3.8, 4) is 39.5 Å². The molecule has 0 saturated heterocycles. The minimum Gasteiger partial charge on any atom is -0.507 e. The van der Waals surface area contributed by atoms with Crippen molar-refractivity contribution in [2.45, 2.75) is 32.4 Å². The van der Waals surface area contributed by atoms with E-state index in [0.29, 0.717) is 33.3 Å². The second-order valence-corrected chi connectivity index (χ2v) is 10.7. The van der Waals surface area contributed by atoms with Crippen LogP contribution in [0.5, 0.6) is 5.75 Å². The topological polar surface area (TPSA) is 59.2 Å². The minimum atomic E-state index is -4.60. The Hall–Kier alpha value is -3.96. The summed E-state index contributed by atoms with van der Waals surface area (Å²) in [5.41, 5.74) is 3.15. The van der Waals surface area contributed by atoms with Gasteiger partial charge in [-0.2, -0.15) is 13.2 Å². The number of phenols is 1. The van der Waals surface area contributed by atoms with Crippen molar-refractivity contribution in [1.82, 2.24) is 9.97 Å². The summed E-state index contributed by atoms with van der Waals surface area (Å²) in [5.74, 6) is 0.155. The summed E-state index contributed by atoms with van der Waals surface area (Å²) in [7, 11) is 0. The van der Waals surface area contributed by atoms with E-state index in [-0.39, 0.29) is 49.2 Å². The Morgan fingerprint density at radius 3 is 2.17 bits per heavy atom. The Labute approximate surface area is 249 Å². The molecule has 0 unspecified atom stereocenters. The number of alkyl halides is 3. The molecule has 1 N–H and O–H groups in total. The van der Waals surface area contributed by atoms with Gasteiger partial charge in [0.05, 0.1) is 11.1 Å². The standard InChI is InChI=1S/C33H24F3N2O2.Pt/c1-32(2,3)22-15-19-8-7-13-37-29(19)26(18-22)21-14-20(16-23(17-21)33(34,35)36)24-10-6-12-28-30(24)38-31(40-28)25-9-4-5-11-27(25)39;/h4-13,15-18,39H,1-3H3;/q-1;. The summed E-state index contributed by atoms with van der Waals surface area (Å²) >= 11 is 0. The van der Waals surface area contributed by atoms with E-state index >= 15 is 0 Å². The molecule has 0 aliphatic heterocycles. The molecule has 41 heavy (non-hydrogen) atoms. The van der Waals surface area contributed by atoms with Gasteiger partial charge >= 0.3 is 6.18 Å². The molecule has 210 valence electrons. The Morgan fingerprint density at radius 2 is 1.46 bits per heavy atom. The van der Waals surface area contributed by atoms with Crippen LogP contribution in [-0.2, 0) is 32.7 Å². The van der Waals surface area contributed by atoms with Crippen LogP contribution in [0.4, 0.5) is 13.2 Å². The van der Waals surface area contributed by atoms with E-state index in [2.05, 4.69) is 36.8 Å². The third kappa shape index (κ3) is 5.39. The average Bonchev–Trinajstić information content (AvgIpc) is 3.36. The SMILES string of the molecule is CC(C)(C)c1cc(-c2[c-]c(-c3cccc4oc(-c5ccccc5O)nc34)cc(C(F)(F)F)c2)c2ncccc2c1.[Pt]. The molecular formula is C33H24F3N2O2Pt-. The fraction of sp³-hybridized carbons (Fsp3) is 0.152. The number of halogens is 3. The molecule has 0 aliphatic rings. The number of rotatable bonds is 3. The number of fused-ring (bicyclic) bond motifs is 2. The zero-order valence-electron chi connectivity index (χ0n) is 22.3. The monoisotopic (exact) mass is 732 g/mol. The molecule has 0 saturated carbocycles. The predicted octanol–water partition coefficient (Wildman–Crippen LogP) is 9.20.